The van der Waals surface area contributed by atoms with Crippen molar-refractivity contribution in [3.8, 4) is 11.8 Å². The van der Waals surface area contributed by atoms with E-state index < -0.39 is 23.5 Å². The van der Waals surface area contributed by atoms with E-state index in [2.05, 4.69) is 27.5 Å². The Morgan fingerprint density at radius 3 is 2.49 bits per heavy atom. The lowest BCUT2D eigenvalue weighted by Crippen LogP contribution is -2.37. The highest BCUT2D eigenvalue weighted by molar-refractivity contribution is 6.08. The summed E-state index contributed by atoms with van der Waals surface area (Å²) in [6, 6.07) is 9.27. The number of ketones is 1. The van der Waals surface area contributed by atoms with Gasteiger partial charge in [-0.25, -0.2) is 4.39 Å². The maximum atomic E-state index is 13.2. The molecular formula is C26H25FN4O4. The SMILES string of the molecule is CNC(C)C(=O)Nc1ccc(C#CC(C)O)n(Cc2cncc(C(=O)c3ccc(F)cc3)c2)c1=O. The topological polar surface area (TPSA) is 113 Å². The molecule has 0 bridgehead atoms. The van der Waals surface area contributed by atoms with Crippen LogP contribution in [-0.4, -0.2) is 45.5 Å². The second-order valence-electron chi connectivity index (χ2n) is 7.89. The summed E-state index contributed by atoms with van der Waals surface area (Å²) in [5.41, 5.74) is 0.971. The first-order valence-corrected chi connectivity index (χ1v) is 10.9. The van der Waals surface area contributed by atoms with E-state index in [4.69, 9.17) is 0 Å². The number of aliphatic hydroxyl groups excluding tert-OH is 1. The van der Waals surface area contributed by atoms with Crippen LogP contribution in [0.2, 0.25) is 0 Å². The number of anilines is 1. The van der Waals surface area contributed by atoms with Gasteiger partial charge in [0.15, 0.2) is 5.78 Å². The number of benzene rings is 1. The van der Waals surface area contributed by atoms with Crippen LogP contribution in [0.3, 0.4) is 0 Å². The monoisotopic (exact) mass is 476 g/mol. The molecule has 0 saturated heterocycles. The van der Waals surface area contributed by atoms with Gasteiger partial charge in [0.2, 0.25) is 5.91 Å². The normalized spacial score (nSPS) is 12.3. The van der Waals surface area contributed by atoms with Gasteiger partial charge >= 0.3 is 0 Å². The standard InChI is InChI=1S/C26H25FN4O4/c1-16(32)4-9-22-10-11-23(30-25(34)17(2)28-3)26(35)31(22)15-18-12-20(14-29-13-18)24(33)19-5-7-21(27)8-6-19/h5-8,10-14,16-17,28,32H,15H2,1-3H3,(H,30,34). The van der Waals surface area contributed by atoms with Crippen molar-refractivity contribution in [3.05, 3.63) is 93.4 Å². The molecule has 1 aromatic carbocycles. The Morgan fingerprint density at radius 1 is 1.11 bits per heavy atom. The number of nitrogens with zero attached hydrogens (tertiary/aromatic N) is 2. The minimum atomic E-state index is -0.910. The number of carbonyl (C=O) groups is 2. The molecule has 2 aromatic heterocycles. The average Bonchev–Trinajstić information content (AvgIpc) is 2.85. The fraction of sp³-hybridized carbons (Fsp3) is 0.231. The Labute approximate surface area is 201 Å². The molecule has 2 atom stereocenters. The van der Waals surface area contributed by atoms with Gasteiger partial charge in [-0.05, 0) is 74.8 Å². The first-order valence-electron chi connectivity index (χ1n) is 10.9. The molecule has 9 heteroatoms. The van der Waals surface area contributed by atoms with Crippen molar-refractivity contribution in [2.75, 3.05) is 12.4 Å². The fourth-order valence-corrected chi connectivity index (χ4v) is 3.14. The number of hydrogen-bond donors (Lipinski definition) is 3. The molecule has 3 aromatic rings. The number of aliphatic hydroxyl groups is 1. The third-order valence-electron chi connectivity index (χ3n) is 5.17. The number of rotatable bonds is 7. The Hall–Kier alpha value is -4.13. The molecule has 0 aliphatic carbocycles. The quantitative estimate of drug-likeness (QED) is 0.355. The van der Waals surface area contributed by atoms with Crippen LogP contribution in [0, 0.1) is 17.7 Å². The van der Waals surface area contributed by atoms with Crippen molar-refractivity contribution >= 4 is 17.4 Å². The maximum Gasteiger partial charge on any atom is 0.275 e. The molecule has 0 fully saturated rings. The van der Waals surface area contributed by atoms with E-state index in [-0.39, 0.29) is 29.5 Å². The van der Waals surface area contributed by atoms with Gasteiger partial charge in [-0.3, -0.25) is 23.9 Å². The zero-order valence-electron chi connectivity index (χ0n) is 19.5. The summed E-state index contributed by atoms with van der Waals surface area (Å²) in [5.74, 6) is 4.20. The summed E-state index contributed by atoms with van der Waals surface area (Å²) in [6.07, 6.45) is 1.99. The zero-order valence-corrected chi connectivity index (χ0v) is 19.5. The van der Waals surface area contributed by atoms with E-state index in [1.807, 2.05) is 0 Å². The first-order chi connectivity index (χ1) is 16.7. The lowest BCUT2D eigenvalue weighted by Gasteiger charge is -2.14. The maximum absolute atomic E-state index is 13.2. The van der Waals surface area contributed by atoms with Crippen LogP contribution in [0.5, 0.6) is 0 Å². The summed E-state index contributed by atoms with van der Waals surface area (Å²) in [7, 11) is 1.63. The molecule has 180 valence electrons. The highest BCUT2D eigenvalue weighted by Crippen LogP contribution is 2.13. The van der Waals surface area contributed by atoms with Crippen molar-refractivity contribution in [2.24, 2.45) is 0 Å². The minimum Gasteiger partial charge on any atom is -0.381 e. The van der Waals surface area contributed by atoms with Crippen molar-refractivity contribution < 1.29 is 19.1 Å². The Kier molecular flexibility index (Phi) is 8.25. The van der Waals surface area contributed by atoms with Gasteiger partial charge in [-0.15, -0.1) is 0 Å². The van der Waals surface area contributed by atoms with E-state index in [0.29, 0.717) is 16.8 Å². The zero-order chi connectivity index (χ0) is 25.5. The molecular weight excluding hydrogens is 451 g/mol. The molecule has 0 radical (unpaired) electrons. The van der Waals surface area contributed by atoms with Crippen LogP contribution < -0.4 is 16.2 Å². The molecule has 2 unspecified atom stereocenters. The lowest BCUT2D eigenvalue weighted by atomic mass is 10.0. The number of hydrogen-bond acceptors (Lipinski definition) is 6. The van der Waals surface area contributed by atoms with Gasteiger partial charge in [0.05, 0.1) is 18.3 Å². The van der Waals surface area contributed by atoms with E-state index >= 15 is 0 Å². The molecule has 0 aliphatic heterocycles. The van der Waals surface area contributed by atoms with Crippen LogP contribution in [0.25, 0.3) is 0 Å². The predicted octanol–water partition coefficient (Wildman–Crippen LogP) is 1.94. The summed E-state index contributed by atoms with van der Waals surface area (Å²) < 4.78 is 14.5. The number of aromatic nitrogens is 2. The van der Waals surface area contributed by atoms with Crippen molar-refractivity contribution in [1.29, 1.82) is 0 Å². The van der Waals surface area contributed by atoms with Crippen LogP contribution in [0.4, 0.5) is 10.1 Å². The molecule has 0 saturated carbocycles. The van der Waals surface area contributed by atoms with Crippen LogP contribution in [0.15, 0.2) is 59.7 Å². The fourth-order valence-electron chi connectivity index (χ4n) is 3.14. The highest BCUT2D eigenvalue weighted by Gasteiger charge is 2.16. The number of pyridine rings is 2. The number of nitrogens with one attached hydrogen (secondary N) is 2. The third kappa shape index (κ3) is 6.47. The lowest BCUT2D eigenvalue weighted by molar-refractivity contribution is -0.117. The third-order valence-corrected chi connectivity index (χ3v) is 5.17. The van der Waals surface area contributed by atoms with Crippen LogP contribution >= 0.6 is 0 Å². The predicted molar refractivity (Wildman–Crippen MR) is 130 cm³/mol. The molecule has 0 spiro atoms. The van der Waals surface area contributed by atoms with Gasteiger partial charge in [-0.1, -0.05) is 5.92 Å². The molecule has 3 N–H and O–H groups in total. The summed E-state index contributed by atoms with van der Waals surface area (Å²) in [6.45, 7) is 3.16. The van der Waals surface area contributed by atoms with Crippen LogP contribution in [0.1, 0.15) is 41.0 Å². The van der Waals surface area contributed by atoms with E-state index in [1.165, 1.54) is 54.2 Å². The minimum absolute atomic E-state index is 0.00544. The molecule has 3 rings (SSSR count). The first kappa shape index (κ1) is 25.5. The average molecular weight is 477 g/mol. The van der Waals surface area contributed by atoms with Gasteiger partial charge in [0, 0.05) is 23.5 Å². The summed E-state index contributed by atoms with van der Waals surface area (Å²) in [5, 5.41) is 15.0. The molecule has 0 aliphatic rings. The van der Waals surface area contributed by atoms with Crippen molar-refractivity contribution in [3.63, 3.8) is 0 Å². The van der Waals surface area contributed by atoms with Gasteiger partial charge in [-0.2, -0.15) is 0 Å². The van der Waals surface area contributed by atoms with E-state index in [0.717, 1.165) is 0 Å². The van der Waals surface area contributed by atoms with Gasteiger partial charge < -0.3 is 15.7 Å². The second-order valence-corrected chi connectivity index (χ2v) is 7.89. The second kappa shape index (κ2) is 11.3. The van der Waals surface area contributed by atoms with Crippen LogP contribution in [-0.2, 0) is 11.3 Å². The van der Waals surface area contributed by atoms with Crippen molar-refractivity contribution in [2.45, 2.75) is 32.5 Å². The van der Waals surface area contributed by atoms with Crippen molar-refractivity contribution in [1.82, 2.24) is 14.9 Å². The number of likely N-dealkylation sites (N-methyl/N-ethyl adjacent to an activating group) is 1. The van der Waals surface area contributed by atoms with E-state index in [9.17, 15) is 23.9 Å². The summed E-state index contributed by atoms with van der Waals surface area (Å²) in [4.78, 5) is 42.4. The molecule has 35 heavy (non-hydrogen) atoms. The van der Waals surface area contributed by atoms with E-state index in [1.54, 1.807) is 26.1 Å². The molecule has 8 nitrogen and oxygen atoms in total. The Bertz CT molecular complexity index is 1350. The van der Waals surface area contributed by atoms with Gasteiger partial charge in [0.1, 0.15) is 17.6 Å². The number of halogens is 1. The number of carbonyl (C=O) groups excluding carboxylic acids is 2. The molecule has 2 heterocycles. The number of amides is 1. The Morgan fingerprint density at radius 2 is 1.83 bits per heavy atom. The van der Waals surface area contributed by atoms with Gasteiger partial charge in [0.25, 0.3) is 5.56 Å². The Balaban J connectivity index is 1.99. The molecule has 1 amide bonds. The largest absolute Gasteiger partial charge is 0.381 e. The highest BCUT2D eigenvalue weighted by atomic mass is 19.1. The summed E-state index contributed by atoms with van der Waals surface area (Å²) >= 11 is 0. The smallest absolute Gasteiger partial charge is 0.275 e.